The Balaban J connectivity index is 1.11. The van der Waals surface area contributed by atoms with Gasteiger partial charge in [-0.3, -0.25) is 9.69 Å². The maximum Gasteiger partial charge on any atom is 0.413 e. The first-order valence-corrected chi connectivity index (χ1v) is 36.3. The van der Waals surface area contributed by atoms with Crippen molar-refractivity contribution in [2.75, 3.05) is 20.3 Å². The average molecular weight is 1220 g/mol. The molecule has 4 fully saturated rings. The molecule has 7 rings (SSSR count). The number of carbonyl (C=O) groups is 3. The number of hydrogen-bond acceptors (Lipinski definition) is 12. The molecule has 3 aromatic rings. The van der Waals surface area contributed by atoms with E-state index in [2.05, 4.69) is 129 Å². The number of nitrogens with zero attached hydrogens (tertiary/aromatic N) is 1. The zero-order valence-corrected chi connectivity index (χ0v) is 56.6. The number of amides is 2. The predicted octanol–water partition coefficient (Wildman–Crippen LogP) is 13.0. The van der Waals surface area contributed by atoms with Gasteiger partial charge in [0.05, 0.1) is 75.2 Å². The van der Waals surface area contributed by atoms with Crippen LogP contribution < -0.4 is 20.4 Å². The van der Waals surface area contributed by atoms with Gasteiger partial charge in [-0.25, -0.2) is 4.79 Å². The van der Waals surface area contributed by atoms with Crippen molar-refractivity contribution in [2.24, 2.45) is 11.8 Å². The van der Waals surface area contributed by atoms with Crippen molar-refractivity contribution < 1.29 is 56.4 Å². The van der Waals surface area contributed by atoms with Gasteiger partial charge in [-0.2, -0.15) is 0 Å². The Kier molecular flexibility index (Phi) is 24.1. The molecular formula is C70H104N2O12Si2. The Hall–Kier alpha value is -4.76. The van der Waals surface area contributed by atoms with E-state index in [4.69, 9.17) is 42.0 Å². The second kappa shape index (κ2) is 30.2. The molecule has 4 aliphatic rings. The number of nitrogens with one attached hydrogen (secondary N) is 1. The lowest BCUT2D eigenvalue weighted by atomic mass is 9.79. The summed E-state index contributed by atoms with van der Waals surface area (Å²) < 4.78 is 59.7. The first-order chi connectivity index (χ1) is 40.8. The fourth-order valence-corrected chi connectivity index (χ4v) is 21.3. The first kappa shape index (κ1) is 68.7. The Labute approximate surface area is 517 Å². The van der Waals surface area contributed by atoms with Crippen LogP contribution in [0.1, 0.15) is 147 Å². The summed E-state index contributed by atoms with van der Waals surface area (Å²) >= 11 is 0. The molecule has 16 heteroatoms. The molecule has 1 N–H and O–H groups in total. The lowest BCUT2D eigenvalue weighted by molar-refractivity contribution is -0.144. The fourth-order valence-electron chi connectivity index (χ4n) is 13.6. The molecule has 0 spiro atoms. The molecule has 12 atom stereocenters. The van der Waals surface area contributed by atoms with Crippen molar-refractivity contribution in [2.45, 2.75) is 244 Å². The van der Waals surface area contributed by atoms with Gasteiger partial charge >= 0.3 is 6.09 Å². The molecule has 0 saturated carbocycles. The van der Waals surface area contributed by atoms with E-state index in [1.165, 1.54) is 6.08 Å². The van der Waals surface area contributed by atoms with Gasteiger partial charge in [0, 0.05) is 31.3 Å². The normalized spacial score (nSPS) is 27.2. The maximum absolute atomic E-state index is 14.3. The van der Waals surface area contributed by atoms with E-state index in [9.17, 15) is 14.4 Å². The van der Waals surface area contributed by atoms with Crippen LogP contribution in [0.3, 0.4) is 0 Å². The molecule has 474 valence electrons. The minimum absolute atomic E-state index is 0.00732. The molecule has 0 radical (unpaired) electrons. The third-order valence-electron chi connectivity index (χ3n) is 18.4. The van der Waals surface area contributed by atoms with Crippen LogP contribution in [-0.4, -0.2) is 132 Å². The molecular weight excluding hydrogens is 1120 g/mol. The van der Waals surface area contributed by atoms with Gasteiger partial charge in [0.1, 0.15) is 29.4 Å². The van der Waals surface area contributed by atoms with Crippen LogP contribution in [0, 0.1) is 11.8 Å². The Morgan fingerprint density at radius 1 is 0.826 bits per heavy atom. The van der Waals surface area contributed by atoms with Crippen LogP contribution >= 0.6 is 0 Å². The van der Waals surface area contributed by atoms with E-state index < -0.39 is 52.1 Å². The van der Waals surface area contributed by atoms with Crippen LogP contribution in [0.15, 0.2) is 121 Å². The van der Waals surface area contributed by atoms with Gasteiger partial charge in [-0.15, -0.1) is 0 Å². The number of ether oxygens (including phenoxy) is 7. The van der Waals surface area contributed by atoms with Crippen LogP contribution in [0.25, 0.3) is 0 Å². The summed E-state index contributed by atoms with van der Waals surface area (Å²) in [6.07, 6.45) is 7.58. The van der Waals surface area contributed by atoms with Gasteiger partial charge in [-0.05, 0) is 137 Å². The quantitative estimate of drug-likeness (QED) is 0.0283. The molecule has 86 heavy (non-hydrogen) atoms. The number of hydrogen-bond donors (Lipinski definition) is 1. The molecule has 0 bridgehead atoms. The minimum Gasteiger partial charge on any atom is -0.497 e. The smallest absolute Gasteiger partial charge is 0.413 e. The Bertz CT molecular complexity index is 2670. The molecule has 0 aliphatic carbocycles. The summed E-state index contributed by atoms with van der Waals surface area (Å²) in [5.41, 5.74) is 1.62. The van der Waals surface area contributed by atoms with E-state index in [-0.39, 0.29) is 65.6 Å². The summed E-state index contributed by atoms with van der Waals surface area (Å²) in [7, 11) is -3.50. The zero-order chi connectivity index (χ0) is 62.6. The molecule has 14 nitrogen and oxygen atoms in total. The summed E-state index contributed by atoms with van der Waals surface area (Å²) in [6.45, 7) is 35.2. The van der Waals surface area contributed by atoms with Crippen molar-refractivity contribution in [1.29, 1.82) is 0 Å². The number of aldehydes is 1. The summed E-state index contributed by atoms with van der Waals surface area (Å²) in [6, 6.07) is 30.8. The van der Waals surface area contributed by atoms with Crippen molar-refractivity contribution in [1.82, 2.24) is 10.2 Å². The Morgan fingerprint density at radius 2 is 1.45 bits per heavy atom. The van der Waals surface area contributed by atoms with Crippen molar-refractivity contribution in [3.05, 3.63) is 126 Å². The van der Waals surface area contributed by atoms with Crippen LogP contribution in [-0.2, 0) is 53.5 Å². The highest BCUT2D eigenvalue weighted by atomic mass is 28.4. The first-order valence-electron chi connectivity index (χ1n) is 31.8. The van der Waals surface area contributed by atoms with Gasteiger partial charge in [0.2, 0.25) is 5.91 Å². The summed E-state index contributed by atoms with van der Waals surface area (Å²) in [5.74, 6) is 0.387. The largest absolute Gasteiger partial charge is 0.497 e. The highest BCUT2D eigenvalue weighted by Crippen LogP contribution is 2.43. The van der Waals surface area contributed by atoms with Gasteiger partial charge in [0.25, 0.3) is 8.32 Å². The van der Waals surface area contributed by atoms with Crippen molar-refractivity contribution in [3.63, 3.8) is 0 Å². The third-order valence-corrected chi connectivity index (χ3v) is 28.1. The molecule has 4 saturated heterocycles. The Morgan fingerprint density at radius 3 is 2.03 bits per heavy atom. The van der Waals surface area contributed by atoms with Crippen LogP contribution in [0.5, 0.6) is 5.75 Å². The SMILES string of the molecule is C=C1C[C@H](C[C@@H]2C[C@@H](O[Si](c3ccccc3)(c3ccccc3)C(C)(C)C)C[C@H]([C@@H](C=O)NC(=O)/C=C/C[C@H]3O[C@@H](/C(C)=C/[C@@H]4COC(C)(C)N4C(=O)OC(C)(C)C)[C@H](C)[C@@H](O[Si](CC)(CC)CC)[C@H]3C)O2)O[C@@H](CCOCc2ccc(OC)cc2)C1. The predicted molar refractivity (Wildman–Crippen MR) is 346 cm³/mol. The van der Waals surface area contributed by atoms with Crippen molar-refractivity contribution >= 4 is 45.3 Å². The number of carbonyl (C=O) groups excluding carboxylic acids is 3. The van der Waals surface area contributed by atoms with Gasteiger partial charge in [-0.1, -0.05) is 152 Å². The van der Waals surface area contributed by atoms with E-state index in [1.807, 2.05) is 77.1 Å². The third kappa shape index (κ3) is 17.3. The summed E-state index contributed by atoms with van der Waals surface area (Å²) in [4.78, 5) is 43.2. The molecule has 0 unspecified atom stereocenters. The minimum atomic E-state index is -3.06. The highest BCUT2D eigenvalue weighted by Gasteiger charge is 2.53. The second-order valence-corrected chi connectivity index (χ2v) is 36.1. The van der Waals surface area contributed by atoms with Gasteiger partial charge in [0.15, 0.2) is 8.32 Å². The van der Waals surface area contributed by atoms with Crippen LogP contribution in [0.4, 0.5) is 4.79 Å². The molecule has 0 aromatic heterocycles. The lowest BCUT2D eigenvalue weighted by Crippen LogP contribution is -2.68. The second-order valence-electron chi connectivity index (χ2n) is 27.2. The number of methoxy groups -OCH3 is 1. The zero-order valence-electron chi connectivity index (χ0n) is 54.6. The van der Waals surface area contributed by atoms with E-state index >= 15 is 0 Å². The molecule has 4 heterocycles. The van der Waals surface area contributed by atoms with E-state index in [0.717, 1.165) is 63.7 Å². The fraction of sp³-hybridized carbons (Fsp3) is 0.614. The summed E-state index contributed by atoms with van der Waals surface area (Å²) in [5, 5.41) is 5.09. The molecule has 4 aliphatic heterocycles. The maximum atomic E-state index is 14.3. The molecule has 3 aromatic carbocycles. The topological polar surface area (TPSA) is 150 Å². The molecule has 2 amide bonds. The van der Waals surface area contributed by atoms with Gasteiger partial charge < -0.3 is 52.1 Å². The average Bonchev–Trinajstić information content (AvgIpc) is 1.19. The van der Waals surface area contributed by atoms with E-state index in [1.54, 1.807) is 12.0 Å². The standard InChI is InChI=1S/C70H104N2O12Si2/c1-17-85(18-2,19-3)84-66-50(6)62(81-65(51(66)7)49(5)41-53-47-78-70(14,15)72(53)67(75)82-68(8,9)10)31-26-32-64(74)71-61(45-73)63-44-58(83-86(69(11,12)13,59-27-22-20-23-28-59)60-29-24-21-25-30-60)43-57(80-63)42-56-40-48(4)39-55(79-56)37-38-77-46-52-33-35-54(76-16)36-34-52/h20-30,32-36,41,45,50-51,53,55-58,61-63,65-66H,4,17-19,31,37-40,42-44,46-47H2,1-3,5-16H3,(H,71,74)/b32-26+,49-41+/t50-,51-,53+,55-,56+,57+,58+,61+,62+,63+,65-,66-/m0/s1. The lowest BCUT2D eigenvalue weighted by Gasteiger charge is -2.48. The van der Waals surface area contributed by atoms with Crippen LogP contribution in [0.2, 0.25) is 23.2 Å². The van der Waals surface area contributed by atoms with Crippen molar-refractivity contribution in [3.8, 4) is 5.75 Å². The van der Waals surface area contributed by atoms with E-state index in [0.29, 0.717) is 58.3 Å². The monoisotopic (exact) mass is 1220 g/mol. The number of rotatable bonds is 25. The highest BCUT2D eigenvalue weighted by molar-refractivity contribution is 6.99. The number of benzene rings is 3.